The monoisotopic (exact) mass is 427 g/mol. The molecule has 0 aliphatic carbocycles. The van der Waals surface area contributed by atoms with Gasteiger partial charge >= 0.3 is 0 Å². The molecule has 1 aliphatic rings. The summed E-state index contributed by atoms with van der Waals surface area (Å²) in [6.07, 6.45) is 8.44. The van der Waals surface area contributed by atoms with Crippen LogP contribution in [0.2, 0.25) is 10.0 Å². The fraction of sp³-hybridized carbons (Fsp3) is 0.652. The average molecular weight is 428 g/mol. The zero-order valence-electron chi connectivity index (χ0n) is 17.6. The fourth-order valence-corrected chi connectivity index (χ4v) is 3.86. The summed E-state index contributed by atoms with van der Waals surface area (Å²) in [7, 11) is 0. The summed E-state index contributed by atoms with van der Waals surface area (Å²) in [6, 6.07) is 5.43. The van der Waals surface area contributed by atoms with Crippen LogP contribution in [0.1, 0.15) is 52.9 Å². The van der Waals surface area contributed by atoms with Crippen molar-refractivity contribution in [3.63, 3.8) is 0 Å². The molecule has 158 valence electrons. The number of nitrogens with zero attached hydrogens (tertiary/aromatic N) is 1. The van der Waals surface area contributed by atoms with E-state index in [1.165, 1.54) is 31.4 Å². The predicted octanol–water partition coefficient (Wildman–Crippen LogP) is 6.63. The fourth-order valence-electron chi connectivity index (χ4n) is 3.57. The van der Waals surface area contributed by atoms with Crippen molar-refractivity contribution in [2.75, 3.05) is 32.8 Å². The van der Waals surface area contributed by atoms with E-state index in [2.05, 4.69) is 31.7 Å². The van der Waals surface area contributed by atoms with Crippen molar-refractivity contribution in [2.45, 2.75) is 59.0 Å². The molecular formula is C23H35Cl2NO2. The molecule has 0 radical (unpaired) electrons. The van der Waals surface area contributed by atoms with Gasteiger partial charge in [-0.05, 0) is 64.3 Å². The molecule has 1 aromatic carbocycles. The molecule has 0 N–H and O–H groups in total. The van der Waals surface area contributed by atoms with Gasteiger partial charge in [-0.25, -0.2) is 0 Å². The number of halogens is 2. The SMILES string of the molecule is CCCCCN1CC[C@H](CCOc2ccc(Cl)c(Cl)c2)[C@H](OCC=C(C)C)C1. The summed E-state index contributed by atoms with van der Waals surface area (Å²) in [5.74, 6) is 1.30. The first-order valence-corrected chi connectivity index (χ1v) is 11.3. The Bertz CT molecular complexity index is 617. The maximum Gasteiger partial charge on any atom is 0.120 e. The van der Waals surface area contributed by atoms with Gasteiger partial charge in [-0.3, -0.25) is 0 Å². The van der Waals surface area contributed by atoms with Gasteiger partial charge in [0, 0.05) is 12.6 Å². The zero-order valence-corrected chi connectivity index (χ0v) is 19.1. The number of rotatable bonds is 11. The Balaban J connectivity index is 1.85. The summed E-state index contributed by atoms with van der Waals surface area (Å²) in [6.45, 7) is 11.2. The first kappa shape index (κ1) is 23.5. The topological polar surface area (TPSA) is 21.7 Å². The Hall–Kier alpha value is -0.740. The Morgan fingerprint density at radius 3 is 2.75 bits per heavy atom. The van der Waals surface area contributed by atoms with Crippen LogP contribution in [0.15, 0.2) is 29.8 Å². The highest BCUT2D eigenvalue weighted by molar-refractivity contribution is 6.42. The zero-order chi connectivity index (χ0) is 20.4. The molecule has 2 rings (SSSR count). The number of benzene rings is 1. The van der Waals surface area contributed by atoms with Crippen LogP contribution in [0, 0.1) is 5.92 Å². The van der Waals surface area contributed by atoms with Gasteiger partial charge < -0.3 is 14.4 Å². The standard InChI is InChI=1S/C23H35Cl2NO2/c1-4-5-6-12-26-13-9-19(23(17-26)28-14-10-18(2)3)11-15-27-20-7-8-21(24)22(25)16-20/h7-8,10,16,19,23H,4-6,9,11-15,17H2,1-3H3/t19-,23-/m1/s1. The van der Waals surface area contributed by atoms with Crippen molar-refractivity contribution in [3.8, 4) is 5.75 Å². The van der Waals surface area contributed by atoms with Gasteiger partial charge in [0.15, 0.2) is 0 Å². The van der Waals surface area contributed by atoms with Crippen LogP contribution in [0.25, 0.3) is 0 Å². The molecule has 1 heterocycles. The molecule has 3 nitrogen and oxygen atoms in total. The van der Waals surface area contributed by atoms with E-state index < -0.39 is 0 Å². The summed E-state index contributed by atoms with van der Waals surface area (Å²) < 4.78 is 12.2. The Kier molecular flexibility index (Phi) is 10.7. The number of piperidine rings is 1. The molecule has 0 unspecified atom stereocenters. The number of likely N-dealkylation sites (tertiary alicyclic amines) is 1. The highest BCUT2D eigenvalue weighted by atomic mass is 35.5. The lowest BCUT2D eigenvalue weighted by Gasteiger charge is -2.38. The summed E-state index contributed by atoms with van der Waals surface area (Å²) in [4.78, 5) is 2.57. The molecule has 0 saturated carbocycles. The first-order valence-electron chi connectivity index (χ1n) is 10.5. The van der Waals surface area contributed by atoms with E-state index in [0.717, 1.165) is 31.7 Å². The van der Waals surface area contributed by atoms with Gasteiger partial charge in [0.1, 0.15) is 5.75 Å². The van der Waals surface area contributed by atoms with E-state index in [9.17, 15) is 0 Å². The van der Waals surface area contributed by atoms with Gasteiger partial charge in [-0.2, -0.15) is 0 Å². The molecule has 0 aromatic heterocycles. The summed E-state index contributed by atoms with van der Waals surface area (Å²) >= 11 is 12.0. The number of unbranched alkanes of at least 4 members (excludes halogenated alkanes) is 2. The van der Waals surface area contributed by atoms with E-state index in [1.807, 2.05) is 6.07 Å². The molecule has 5 heteroatoms. The normalized spacial score (nSPS) is 20.2. The maximum atomic E-state index is 6.27. The van der Waals surface area contributed by atoms with Crippen LogP contribution in [-0.2, 0) is 4.74 Å². The lowest BCUT2D eigenvalue weighted by atomic mass is 9.90. The van der Waals surface area contributed by atoms with Crippen LogP contribution in [0.3, 0.4) is 0 Å². The van der Waals surface area contributed by atoms with Crippen LogP contribution < -0.4 is 4.74 Å². The molecule has 1 aromatic rings. The van der Waals surface area contributed by atoms with E-state index in [4.69, 9.17) is 32.7 Å². The third-order valence-corrected chi connectivity index (χ3v) is 6.05. The molecule has 1 fully saturated rings. The minimum Gasteiger partial charge on any atom is -0.494 e. The third-order valence-electron chi connectivity index (χ3n) is 5.31. The van der Waals surface area contributed by atoms with Gasteiger partial charge in [-0.1, -0.05) is 54.6 Å². The number of hydrogen-bond donors (Lipinski definition) is 0. The minimum atomic E-state index is 0.267. The van der Waals surface area contributed by atoms with Crippen LogP contribution in [0.5, 0.6) is 5.75 Å². The second kappa shape index (κ2) is 12.7. The van der Waals surface area contributed by atoms with E-state index in [-0.39, 0.29) is 6.10 Å². The van der Waals surface area contributed by atoms with Crippen LogP contribution in [0.4, 0.5) is 0 Å². The predicted molar refractivity (Wildman–Crippen MR) is 120 cm³/mol. The Morgan fingerprint density at radius 1 is 1.21 bits per heavy atom. The lowest BCUT2D eigenvalue weighted by molar-refractivity contribution is -0.0326. The number of hydrogen-bond acceptors (Lipinski definition) is 3. The second-order valence-corrected chi connectivity index (χ2v) is 8.74. The quantitative estimate of drug-likeness (QED) is 0.292. The van der Waals surface area contributed by atoms with Gasteiger partial charge in [-0.15, -0.1) is 0 Å². The molecule has 28 heavy (non-hydrogen) atoms. The van der Waals surface area contributed by atoms with Crippen molar-refractivity contribution in [1.82, 2.24) is 4.90 Å². The number of allylic oxidation sites excluding steroid dienone is 1. The molecule has 1 aliphatic heterocycles. The third kappa shape index (κ3) is 8.32. The van der Waals surface area contributed by atoms with Gasteiger partial charge in [0.25, 0.3) is 0 Å². The lowest BCUT2D eigenvalue weighted by Crippen LogP contribution is -2.46. The summed E-state index contributed by atoms with van der Waals surface area (Å²) in [5, 5.41) is 1.08. The van der Waals surface area contributed by atoms with Crippen LogP contribution in [-0.4, -0.2) is 43.9 Å². The Labute approximate surface area is 181 Å². The van der Waals surface area contributed by atoms with Crippen molar-refractivity contribution >= 4 is 23.2 Å². The van der Waals surface area contributed by atoms with Crippen molar-refractivity contribution in [1.29, 1.82) is 0 Å². The average Bonchev–Trinajstić information content (AvgIpc) is 2.66. The molecular weight excluding hydrogens is 393 g/mol. The number of ether oxygens (including phenoxy) is 2. The molecule has 0 spiro atoms. The smallest absolute Gasteiger partial charge is 0.120 e. The highest BCUT2D eigenvalue weighted by Crippen LogP contribution is 2.28. The van der Waals surface area contributed by atoms with E-state index in [0.29, 0.717) is 29.2 Å². The van der Waals surface area contributed by atoms with Crippen molar-refractivity contribution < 1.29 is 9.47 Å². The van der Waals surface area contributed by atoms with Crippen LogP contribution >= 0.6 is 23.2 Å². The highest BCUT2D eigenvalue weighted by Gasteiger charge is 2.29. The van der Waals surface area contributed by atoms with E-state index >= 15 is 0 Å². The Morgan fingerprint density at radius 2 is 2.04 bits per heavy atom. The van der Waals surface area contributed by atoms with Gasteiger partial charge in [0.05, 0.1) is 29.4 Å². The minimum absolute atomic E-state index is 0.267. The van der Waals surface area contributed by atoms with Crippen molar-refractivity contribution in [3.05, 3.63) is 39.9 Å². The molecule has 2 atom stereocenters. The largest absolute Gasteiger partial charge is 0.494 e. The first-order chi connectivity index (χ1) is 13.5. The maximum absolute atomic E-state index is 6.27. The molecule has 0 amide bonds. The van der Waals surface area contributed by atoms with Gasteiger partial charge in [0.2, 0.25) is 0 Å². The second-order valence-electron chi connectivity index (χ2n) is 7.92. The van der Waals surface area contributed by atoms with Crippen molar-refractivity contribution in [2.24, 2.45) is 5.92 Å². The molecule has 0 bridgehead atoms. The summed E-state index contributed by atoms with van der Waals surface area (Å²) in [5.41, 5.74) is 1.30. The molecule has 1 saturated heterocycles. The van der Waals surface area contributed by atoms with E-state index in [1.54, 1.807) is 12.1 Å².